The number of tetrazole rings is 1. The summed E-state index contributed by atoms with van der Waals surface area (Å²) in [7, 11) is 0. The van der Waals surface area contributed by atoms with Gasteiger partial charge in [-0.15, -0.1) is 22.6 Å². The molecule has 1 aromatic carbocycles. The van der Waals surface area contributed by atoms with Gasteiger partial charge in [0.25, 0.3) is 0 Å². The molecule has 2 heterocycles. The molecule has 0 bridgehead atoms. The summed E-state index contributed by atoms with van der Waals surface area (Å²) in [5, 5.41) is 26.9. The van der Waals surface area contributed by atoms with Gasteiger partial charge in [-0.3, -0.25) is 4.79 Å². The number of hydrogen-bond donors (Lipinski definition) is 3. The first-order chi connectivity index (χ1) is 12.2. The van der Waals surface area contributed by atoms with Crippen molar-refractivity contribution in [3.05, 3.63) is 29.8 Å². The molecule has 2 aromatic rings. The maximum Gasteiger partial charge on any atom is 0.320 e. The zero-order chi connectivity index (χ0) is 17.2. The largest absolute Gasteiger partial charge is 0.480 e. The maximum atomic E-state index is 11.3. The molecular weight excluding hydrogens is 354 g/mol. The van der Waals surface area contributed by atoms with E-state index in [9.17, 15) is 9.90 Å². The number of hydrogen-bond acceptors (Lipinski definition) is 5. The third-order valence-electron chi connectivity index (χ3n) is 5.82. The van der Waals surface area contributed by atoms with Crippen LogP contribution in [0, 0.1) is 17.8 Å². The molecule has 8 heteroatoms. The van der Waals surface area contributed by atoms with Gasteiger partial charge in [0.2, 0.25) is 5.82 Å². The molecule has 1 aromatic heterocycles. The first-order valence-corrected chi connectivity index (χ1v) is 8.98. The molecular formula is C18H24ClN5O2. The van der Waals surface area contributed by atoms with Crippen LogP contribution in [0.4, 0.5) is 0 Å². The molecule has 0 spiro atoms. The molecule has 1 saturated heterocycles. The molecule has 26 heavy (non-hydrogen) atoms. The predicted molar refractivity (Wildman–Crippen MR) is 98.9 cm³/mol. The maximum absolute atomic E-state index is 11.3. The van der Waals surface area contributed by atoms with Crippen LogP contribution < -0.4 is 5.32 Å². The normalized spacial score (nSPS) is 28.0. The highest BCUT2D eigenvalue weighted by Crippen LogP contribution is 2.40. The molecule has 4 rings (SSSR count). The van der Waals surface area contributed by atoms with Gasteiger partial charge in [0.05, 0.1) is 0 Å². The second-order valence-electron chi connectivity index (χ2n) is 7.33. The van der Waals surface area contributed by atoms with Crippen molar-refractivity contribution < 1.29 is 9.90 Å². The quantitative estimate of drug-likeness (QED) is 0.755. The van der Waals surface area contributed by atoms with Crippen LogP contribution in [0.1, 0.15) is 31.2 Å². The number of H-pyrrole nitrogens is 1. The summed E-state index contributed by atoms with van der Waals surface area (Å²) < 4.78 is 0. The standard InChI is InChI=1S/C18H23N5O2.ClH/c24-18(25)16-9-14-8-11(5-6-13(14)10-19-16)7-12-3-1-2-4-15(12)17-20-22-23-21-17;/h1-4,11,13-14,16,19H,5-10H2,(H,24,25)(H,20,21,22,23);1H/t11-,13+,14-,16+;/m1./s1. The zero-order valence-corrected chi connectivity index (χ0v) is 15.3. The highest BCUT2D eigenvalue weighted by Gasteiger charge is 2.37. The molecule has 1 saturated carbocycles. The summed E-state index contributed by atoms with van der Waals surface area (Å²) in [6.45, 7) is 0.841. The Kier molecular flexibility index (Phi) is 5.88. The molecule has 140 valence electrons. The first-order valence-electron chi connectivity index (χ1n) is 8.98. The fourth-order valence-electron chi connectivity index (χ4n) is 4.54. The molecule has 1 aliphatic heterocycles. The van der Waals surface area contributed by atoms with Crippen LogP contribution in [-0.2, 0) is 11.2 Å². The van der Waals surface area contributed by atoms with E-state index >= 15 is 0 Å². The Hall–Kier alpha value is -1.99. The lowest BCUT2D eigenvalue weighted by Gasteiger charge is -2.41. The molecule has 2 fully saturated rings. The van der Waals surface area contributed by atoms with Crippen molar-refractivity contribution in [1.29, 1.82) is 0 Å². The van der Waals surface area contributed by atoms with Crippen LogP contribution >= 0.6 is 12.4 Å². The van der Waals surface area contributed by atoms with E-state index in [-0.39, 0.29) is 18.4 Å². The lowest BCUT2D eigenvalue weighted by atomic mass is 9.68. The third kappa shape index (κ3) is 3.88. The van der Waals surface area contributed by atoms with E-state index in [2.05, 4.69) is 38.1 Å². The summed E-state index contributed by atoms with van der Waals surface area (Å²) in [6.07, 6.45) is 5.22. The van der Waals surface area contributed by atoms with Gasteiger partial charge in [0.15, 0.2) is 0 Å². The van der Waals surface area contributed by atoms with Crippen molar-refractivity contribution >= 4 is 18.4 Å². The number of carbonyl (C=O) groups is 1. The van der Waals surface area contributed by atoms with Crippen LogP contribution in [0.25, 0.3) is 11.4 Å². The smallest absolute Gasteiger partial charge is 0.320 e. The van der Waals surface area contributed by atoms with Gasteiger partial charge >= 0.3 is 5.97 Å². The topological polar surface area (TPSA) is 104 Å². The van der Waals surface area contributed by atoms with E-state index in [1.807, 2.05) is 12.1 Å². The average Bonchev–Trinajstić information content (AvgIpc) is 3.16. The molecule has 7 nitrogen and oxygen atoms in total. The molecule has 3 N–H and O–H groups in total. The Morgan fingerprint density at radius 1 is 1.19 bits per heavy atom. The number of nitrogens with one attached hydrogen (secondary N) is 2. The zero-order valence-electron chi connectivity index (χ0n) is 14.5. The number of aliphatic carboxylic acids is 1. The lowest BCUT2D eigenvalue weighted by Crippen LogP contribution is -2.49. The summed E-state index contributed by atoms with van der Waals surface area (Å²) in [4.78, 5) is 11.3. The Morgan fingerprint density at radius 2 is 2.04 bits per heavy atom. The van der Waals surface area contributed by atoms with Gasteiger partial charge in [-0.2, -0.15) is 5.21 Å². The fourth-order valence-corrected chi connectivity index (χ4v) is 4.54. The summed E-state index contributed by atoms with van der Waals surface area (Å²) in [6, 6.07) is 7.84. The monoisotopic (exact) mass is 377 g/mol. The predicted octanol–water partition coefficient (Wildman–Crippen LogP) is 2.31. The second-order valence-corrected chi connectivity index (χ2v) is 7.33. The van der Waals surface area contributed by atoms with Crippen LogP contribution in [0.2, 0.25) is 0 Å². The number of aromatic amines is 1. The number of carboxylic acids is 1. The number of benzene rings is 1. The van der Waals surface area contributed by atoms with Gasteiger partial charge in [0.1, 0.15) is 6.04 Å². The summed E-state index contributed by atoms with van der Waals surface area (Å²) >= 11 is 0. The number of halogens is 1. The summed E-state index contributed by atoms with van der Waals surface area (Å²) in [5.41, 5.74) is 2.28. The fraction of sp³-hybridized carbons (Fsp3) is 0.556. The van der Waals surface area contributed by atoms with E-state index < -0.39 is 5.97 Å². The molecule has 0 unspecified atom stereocenters. The molecule has 2 aliphatic rings. The Balaban J connectivity index is 0.00000196. The van der Waals surface area contributed by atoms with E-state index in [4.69, 9.17) is 0 Å². The number of nitrogens with zero attached hydrogens (tertiary/aromatic N) is 3. The molecule has 1 aliphatic carbocycles. The Labute approximate surface area is 158 Å². The van der Waals surface area contributed by atoms with Gasteiger partial charge < -0.3 is 10.4 Å². The van der Waals surface area contributed by atoms with Crippen molar-refractivity contribution in [3.63, 3.8) is 0 Å². The van der Waals surface area contributed by atoms with E-state index in [1.165, 1.54) is 18.4 Å². The van der Waals surface area contributed by atoms with Crippen molar-refractivity contribution in [3.8, 4) is 11.4 Å². The minimum atomic E-state index is -0.719. The van der Waals surface area contributed by atoms with Gasteiger partial charge in [-0.1, -0.05) is 24.3 Å². The van der Waals surface area contributed by atoms with E-state index in [0.29, 0.717) is 23.6 Å². The highest BCUT2D eigenvalue weighted by atomic mass is 35.5. The van der Waals surface area contributed by atoms with Gasteiger partial charge in [-0.05, 0) is 67.2 Å². The second kappa shape index (κ2) is 8.14. The summed E-state index contributed by atoms with van der Waals surface area (Å²) in [5.74, 6) is 1.64. The highest BCUT2D eigenvalue weighted by molar-refractivity contribution is 5.85. The van der Waals surface area contributed by atoms with Crippen LogP contribution in [-0.4, -0.2) is 44.3 Å². The van der Waals surface area contributed by atoms with E-state index in [1.54, 1.807) is 0 Å². The van der Waals surface area contributed by atoms with Crippen molar-refractivity contribution in [2.45, 2.75) is 38.1 Å². The number of aromatic nitrogens is 4. The minimum Gasteiger partial charge on any atom is -0.480 e. The van der Waals surface area contributed by atoms with Crippen LogP contribution in [0.3, 0.4) is 0 Å². The Bertz CT molecular complexity index is 739. The lowest BCUT2D eigenvalue weighted by molar-refractivity contribution is -0.141. The van der Waals surface area contributed by atoms with Crippen molar-refractivity contribution in [2.75, 3.05) is 6.54 Å². The van der Waals surface area contributed by atoms with Crippen molar-refractivity contribution in [2.24, 2.45) is 17.8 Å². The number of rotatable bonds is 4. The number of carboxylic acid groups (broad SMARTS) is 1. The molecule has 4 atom stereocenters. The van der Waals surface area contributed by atoms with Crippen LogP contribution in [0.5, 0.6) is 0 Å². The minimum absolute atomic E-state index is 0. The number of fused-ring (bicyclic) bond motifs is 1. The van der Waals surface area contributed by atoms with Gasteiger partial charge in [0, 0.05) is 5.56 Å². The van der Waals surface area contributed by atoms with Crippen LogP contribution in [0.15, 0.2) is 24.3 Å². The first kappa shape index (κ1) is 18.8. The van der Waals surface area contributed by atoms with Gasteiger partial charge in [-0.25, -0.2) is 0 Å². The third-order valence-corrected chi connectivity index (χ3v) is 5.82. The molecule has 0 radical (unpaired) electrons. The average molecular weight is 378 g/mol. The SMILES string of the molecule is Cl.O=C(O)[C@@H]1C[C@H]2C[C@@H](Cc3ccccc3-c3nn[nH]n3)CC[C@H]2CN1. The van der Waals surface area contributed by atoms with Crippen molar-refractivity contribution in [1.82, 2.24) is 25.9 Å². The molecule has 0 amide bonds. The van der Waals surface area contributed by atoms with E-state index in [0.717, 1.165) is 31.4 Å². The number of piperidine rings is 1. The Morgan fingerprint density at radius 3 is 2.81 bits per heavy atom.